The largest absolute Gasteiger partial charge is 0.380 e. The SMILES string of the molecule is CCC(CC)n1c(=O)[nH]c(=O)c2cc(F)c(NC3CCCCC3)cc21. The Morgan fingerprint density at radius 1 is 1.20 bits per heavy atom. The van der Waals surface area contributed by atoms with Crippen molar-refractivity contribution < 1.29 is 4.39 Å². The Balaban J connectivity index is 2.14. The van der Waals surface area contributed by atoms with Crippen molar-refractivity contribution in [1.82, 2.24) is 9.55 Å². The summed E-state index contributed by atoms with van der Waals surface area (Å²) in [5, 5.41) is 3.50. The van der Waals surface area contributed by atoms with Gasteiger partial charge in [0.2, 0.25) is 0 Å². The van der Waals surface area contributed by atoms with Gasteiger partial charge in [-0.05, 0) is 37.8 Å². The molecular weight excluding hydrogens is 321 g/mol. The van der Waals surface area contributed by atoms with Gasteiger partial charge in [-0.3, -0.25) is 14.3 Å². The Morgan fingerprint density at radius 2 is 1.88 bits per heavy atom. The second-order valence-electron chi connectivity index (χ2n) is 6.93. The van der Waals surface area contributed by atoms with E-state index in [1.54, 1.807) is 10.6 Å². The monoisotopic (exact) mass is 347 g/mol. The number of nitrogens with one attached hydrogen (secondary N) is 2. The lowest BCUT2D eigenvalue weighted by Gasteiger charge is -2.25. The van der Waals surface area contributed by atoms with E-state index >= 15 is 0 Å². The molecule has 5 nitrogen and oxygen atoms in total. The summed E-state index contributed by atoms with van der Waals surface area (Å²) in [6.45, 7) is 4.00. The fourth-order valence-corrected chi connectivity index (χ4v) is 3.87. The van der Waals surface area contributed by atoms with Crippen LogP contribution < -0.4 is 16.6 Å². The lowest BCUT2D eigenvalue weighted by molar-refractivity contribution is 0.459. The molecule has 6 heteroatoms. The van der Waals surface area contributed by atoms with E-state index in [-0.39, 0.29) is 17.5 Å². The summed E-state index contributed by atoms with van der Waals surface area (Å²) in [6, 6.07) is 3.10. The number of aromatic nitrogens is 2. The maximum Gasteiger partial charge on any atom is 0.329 e. The summed E-state index contributed by atoms with van der Waals surface area (Å²) in [5.41, 5.74) is -0.0852. The molecule has 0 aliphatic heterocycles. The van der Waals surface area contributed by atoms with Crippen molar-refractivity contribution in [2.45, 2.75) is 70.9 Å². The molecule has 0 amide bonds. The fourth-order valence-electron chi connectivity index (χ4n) is 3.87. The van der Waals surface area contributed by atoms with Gasteiger partial charge in [-0.2, -0.15) is 0 Å². The Morgan fingerprint density at radius 3 is 2.52 bits per heavy atom. The number of hydrogen-bond donors (Lipinski definition) is 2. The highest BCUT2D eigenvalue weighted by atomic mass is 19.1. The molecule has 25 heavy (non-hydrogen) atoms. The molecule has 0 unspecified atom stereocenters. The summed E-state index contributed by atoms with van der Waals surface area (Å²) < 4.78 is 16.1. The summed E-state index contributed by atoms with van der Waals surface area (Å²) in [7, 11) is 0. The summed E-state index contributed by atoms with van der Waals surface area (Å²) in [6.07, 6.45) is 7.08. The van der Waals surface area contributed by atoms with Crippen LogP contribution in [0.1, 0.15) is 64.8 Å². The van der Waals surface area contributed by atoms with Gasteiger partial charge in [0.05, 0.1) is 16.6 Å². The average molecular weight is 347 g/mol. The van der Waals surface area contributed by atoms with Gasteiger partial charge in [0.1, 0.15) is 5.82 Å². The van der Waals surface area contributed by atoms with Crippen molar-refractivity contribution in [2.24, 2.45) is 0 Å². The van der Waals surface area contributed by atoms with Crippen LogP contribution >= 0.6 is 0 Å². The molecule has 1 heterocycles. The smallest absolute Gasteiger partial charge is 0.329 e. The van der Waals surface area contributed by atoms with Crippen LogP contribution in [0.25, 0.3) is 10.9 Å². The molecule has 1 aromatic heterocycles. The van der Waals surface area contributed by atoms with Crippen molar-refractivity contribution in [2.75, 3.05) is 5.32 Å². The molecule has 0 atom stereocenters. The highest BCUT2D eigenvalue weighted by Crippen LogP contribution is 2.27. The first-order chi connectivity index (χ1) is 12.0. The first-order valence-corrected chi connectivity index (χ1v) is 9.29. The van der Waals surface area contributed by atoms with Gasteiger partial charge >= 0.3 is 5.69 Å². The van der Waals surface area contributed by atoms with Crippen molar-refractivity contribution >= 4 is 16.6 Å². The van der Waals surface area contributed by atoms with Crippen LogP contribution in [0.3, 0.4) is 0 Å². The molecule has 0 radical (unpaired) electrons. The minimum atomic E-state index is -0.537. The van der Waals surface area contributed by atoms with Gasteiger partial charge < -0.3 is 5.32 Å². The second-order valence-corrected chi connectivity index (χ2v) is 6.93. The van der Waals surface area contributed by atoms with Gasteiger partial charge in [0.15, 0.2) is 0 Å². The van der Waals surface area contributed by atoms with E-state index in [1.165, 1.54) is 12.5 Å². The molecule has 3 rings (SSSR count). The zero-order valence-electron chi connectivity index (χ0n) is 14.9. The summed E-state index contributed by atoms with van der Waals surface area (Å²) in [5.74, 6) is -0.446. The van der Waals surface area contributed by atoms with Crippen molar-refractivity contribution in [3.63, 3.8) is 0 Å². The third-order valence-electron chi connectivity index (χ3n) is 5.30. The van der Waals surface area contributed by atoms with Crippen LogP contribution in [0, 0.1) is 5.82 Å². The van der Waals surface area contributed by atoms with E-state index < -0.39 is 17.1 Å². The minimum absolute atomic E-state index is 0.0279. The number of aromatic amines is 1. The van der Waals surface area contributed by atoms with Crippen LogP contribution in [-0.2, 0) is 0 Å². The number of H-pyrrole nitrogens is 1. The van der Waals surface area contributed by atoms with E-state index in [0.29, 0.717) is 11.2 Å². The van der Waals surface area contributed by atoms with E-state index in [2.05, 4.69) is 10.3 Å². The standard InChI is InChI=1S/C19H26FN3O2/c1-3-13(4-2)23-17-11-16(21-12-8-6-5-7-9-12)15(20)10-14(17)18(24)22-19(23)25/h10-13,21H,3-9H2,1-2H3,(H,22,24,25). The van der Waals surface area contributed by atoms with E-state index in [0.717, 1.165) is 38.5 Å². The van der Waals surface area contributed by atoms with Crippen LogP contribution in [-0.4, -0.2) is 15.6 Å². The maximum atomic E-state index is 14.5. The summed E-state index contributed by atoms with van der Waals surface area (Å²) >= 11 is 0. The number of rotatable bonds is 5. The third-order valence-corrected chi connectivity index (χ3v) is 5.30. The zero-order valence-corrected chi connectivity index (χ0v) is 14.9. The van der Waals surface area contributed by atoms with Gasteiger partial charge in [0.25, 0.3) is 5.56 Å². The molecule has 0 saturated heterocycles. The lowest BCUT2D eigenvalue weighted by atomic mass is 9.95. The molecule has 2 aromatic rings. The van der Waals surface area contributed by atoms with Crippen LogP contribution in [0.2, 0.25) is 0 Å². The topological polar surface area (TPSA) is 66.9 Å². The van der Waals surface area contributed by atoms with E-state index in [4.69, 9.17) is 0 Å². The van der Waals surface area contributed by atoms with Crippen molar-refractivity contribution in [1.29, 1.82) is 0 Å². The minimum Gasteiger partial charge on any atom is -0.380 e. The molecule has 2 N–H and O–H groups in total. The highest BCUT2D eigenvalue weighted by Gasteiger charge is 2.19. The molecule has 0 spiro atoms. The third kappa shape index (κ3) is 3.48. The van der Waals surface area contributed by atoms with Crippen LogP contribution in [0.4, 0.5) is 10.1 Å². The Labute approximate surface area is 146 Å². The molecule has 1 aliphatic rings. The van der Waals surface area contributed by atoms with Crippen molar-refractivity contribution in [3.8, 4) is 0 Å². The van der Waals surface area contributed by atoms with Crippen LogP contribution in [0.15, 0.2) is 21.7 Å². The number of fused-ring (bicyclic) bond motifs is 1. The maximum absolute atomic E-state index is 14.5. The van der Waals surface area contributed by atoms with E-state index in [9.17, 15) is 14.0 Å². The normalized spacial score (nSPS) is 15.8. The quantitative estimate of drug-likeness (QED) is 0.861. The fraction of sp³-hybridized carbons (Fsp3) is 0.579. The van der Waals surface area contributed by atoms with Gasteiger partial charge in [-0.15, -0.1) is 0 Å². The van der Waals surface area contributed by atoms with Gasteiger partial charge in [-0.25, -0.2) is 9.18 Å². The first-order valence-electron chi connectivity index (χ1n) is 9.29. The first kappa shape index (κ1) is 17.7. The Kier molecular flexibility index (Phi) is 5.25. The zero-order chi connectivity index (χ0) is 18.0. The number of halogens is 1. The second kappa shape index (κ2) is 7.42. The summed E-state index contributed by atoms with van der Waals surface area (Å²) in [4.78, 5) is 26.9. The molecule has 1 aliphatic carbocycles. The van der Waals surface area contributed by atoms with Crippen LogP contribution in [0.5, 0.6) is 0 Å². The number of nitrogens with zero attached hydrogens (tertiary/aromatic N) is 1. The molecule has 1 fully saturated rings. The van der Waals surface area contributed by atoms with Crippen molar-refractivity contribution in [3.05, 3.63) is 38.8 Å². The molecule has 1 aromatic carbocycles. The molecular formula is C19H26FN3O2. The van der Waals surface area contributed by atoms with Gasteiger partial charge in [0, 0.05) is 12.1 Å². The predicted octanol–water partition coefficient (Wildman–Crippen LogP) is 3.93. The molecule has 136 valence electrons. The molecule has 1 saturated carbocycles. The lowest BCUT2D eigenvalue weighted by Crippen LogP contribution is -2.33. The number of anilines is 1. The molecule has 0 bridgehead atoms. The Hall–Kier alpha value is -2.11. The number of benzene rings is 1. The Bertz CT molecular complexity index is 861. The van der Waals surface area contributed by atoms with Gasteiger partial charge in [-0.1, -0.05) is 33.1 Å². The average Bonchev–Trinajstić information content (AvgIpc) is 2.61. The highest BCUT2D eigenvalue weighted by molar-refractivity contribution is 5.82. The number of hydrogen-bond acceptors (Lipinski definition) is 3. The predicted molar refractivity (Wildman–Crippen MR) is 98.9 cm³/mol. The van der Waals surface area contributed by atoms with E-state index in [1.807, 2.05) is 13.8 Å².